The van der Waals surface area contributed by atoms with Gasteiger partial charge in [-0.25, -0.2) is 15.0 Å². The molecule has 11 rings (SSSR count). The van der Waals surface area contributed by atoms with E-state index in [1.54, 1.807) is 0 Å². The molecule has 0 aliphatic rings. The van der Waals surface area contributed by atoms with Gasteiger partial charge in [-0.2, -0.15) is 0 Å². The number of para-hydroxylation sites is 1. The van der Waals surface area contributed by atoms with E-state index < -0.39 is 0 Å². The lowest BCUT2D eigenvalue weighted by Gasteiger charge is -2.14. The molecule has 0 N–H and O–H groups in total. The molecule has 0 saturated heterocycles. The second kappa shape index (κ2) is 13.6. The first kappa shape index (κ1) is 32.7. The molecule has 2 aromatic heterocycles. The first-order chi connectivity index (χ1) is 28.2. The molecule has 0 spiro atoms. The Morgan fingerprint density at radius 1 is 0.281 bits per heavy atom. The highest BCUT2D eigenvalue weighted by Crippen LogP contribution is 2.40. The molecule has 0 atom stereocenters. The zero-order valence-electron chi connectivity index (χ0n) is 30.8. The minimum Gasteiger partial charge on any atom is -0.456 e. The summed E-state index contributed by atoms with van der Waals surface area (Å²) in [5, 5.41) is 8.65. The average molecular weight is 728 g/mol. The van der Waals surface area contributed by atoms with Gasteiger partial charge in [0.15, 0.2) is 17.5 Å². The van der Waals surface area contributed by atoms with Gasteiger partial charge in [0, 0.05) is 27.6 Å². The van der Waals surface area contributed by atoms with Crippen LogP contribution in [0.5, 0.6) is 0 Å². The van der Waals surface area contributed by atoms with Crippen molar-refractivity contribution in [2.75, 3.05) is 0 Å². The fourth-order valence-corrected chi connectivity index (χ4v) is 8.03. The van der Waals surface area contributed by atoms with Crippen molar-refractivity contribution in [1.82, 2.24) is 15.0 Å². The lowest BCUT2D eigenvalue weighted by atomic mass is 9.89. The van der Waals surface area contributed by atoms with Gasteiger partial charge in [-0.05, 0) is 72.8 Å². The predicted octanol–water partition coefficient (Wildman–Crippen LogP) is 14.1. The van der Waals surface area contributed by atoms with Gasteiger partial charge in [-0.15, -0.1) is 0 Å². The molecule has 4 heteroatoms. The zero-order valence-corrected chi connectivity index (χ0v) is 30.8. The van der Waals surface area contributed by atoms with E-state index >= 15 is 0 Å². The van der Waals surface area contributed by atoms with Crippen LogP contribution in [0.4, 0.5) is 0 Å². The van der Waals surface area contributed by atoms with E-state index in [1.165, 1.54) is 43.4 Å². The van der Waals surface area contributed by atoms with Crippen LogP contribution in [-0.4, -0.2) is 15.0 Å². The summed E-state index contributed by atoms with van der Waals surface area (Å²) < 4.78 is 6.12. The molecule has 0 aliphatic heterocycles. The summed E-state index contributed by atoms with van der Waals surface area (Å²) in [5.41, 5.74) is 9.36. The Bertz CT molecular complexity index is 3230. The van der Waals surface area contributed by atoms with Crippen molar-refractivity contribution in [1.29, 1.82) is 0 Å². The molecule has 0 amide bonds. The Labute approximate surface area is 329 Å². The lowest BCUT2D eigenvalue weighted by Crippen LogP contribution is -2.00. The quantitative estimate of drug-likeness (QED) is 0.126. The van der Waals surface area contributed by atoms with Gasteiger partial charge in [-0.3, -0.25) is 0 Å². The van der Waals surface area contributed by atoms with Crippen molar-refractivity contribution in [3.05, 3.63) is 200 Å². The highest BCUT2D eigenvalue weighted by molar-refractivity contribution is 6.20. The standard InChI is InChI=1S/C53H33N3O/c1-2-11-39(12-3-1)51-54-52(56-53(55-51)41-28-22-37(23-29-41)49-33-43-14-6-9-17-48(43)57-49)40-26-20-35(21-27-40)34-18-24-38(25-19-34)50-45-16-8-5-13-42(45)32-47-44-15-7-4-10-36(44)30-31-46(47)50/h1-33H. The Hall–Kier alpha value is -7.69. The van der Waals surface area contributed by atoms with Crippen LogP contribution < -0.4 is 0 Å². The Balaban J connectivity index is 0.933. The summed E-state index contributed by atoms with van der Waals surface area (Å²) in [5.74, 6) is 2.70. The smallest absolute Gasteiger partial charge is 0.164 e. The summed E-state index contributed by atoms with van der Waals surface area (Å²) in [6.07, 6.45) is 0. The molecular weight excluding hydrogens is 695 g/mol. The van der Waals surface area contributed by atoms with Crippen LogP contribution in [-0.2, 0) is 0 Å². The SMILES string of the molecule is c1ccc(-c2nc(-c3ccc(-c4ccc(-c5c6ccccc6cc6c5ccc5ccccc56)cc4)cc3)nc(-c3ccc(-c4cc5ccccc5o4)cc3)n2)cc1. The largest absolute Gasteiger partial charge is 0.456 e. The van der Waals surface area contributed by atoms with Gasteiger partial charge >= 0.3 is 0 Å². The predicted molar refractivity (Wildman–Crippen MR) is 235 cm³/mol. The molecule has 0 bridgehead atoms. The number of nitrogens with zero attached hydrogens (tertiary/aromatic N) is 3. The molecule has 0 aliphatic carbocycles. The van der Waals surface area contributed by atoms with Gasteiger partial charge < -0.3 is 4.42 Å². The number of rotatable bonds is 6. The number of hydrogen-bond acceptors (Lipinski definition) is 4. The van der Waals surface area contributed by atoms with E-state index in [9.17, 15) is 0 Å². The lowest BCUT2D eigenvalue weighted by molar-refractivity contribution is 0.631. The number of fused-ring (bicyclic) bond motifs is 5. The van der Waals surface area contributed by atoms with E-state index in [0.29, 0.717) is 17.5 Å². The maximum atomic E-state index is 6.12. The minimum atomic E-state index is 0.614. The van der Waals surface area contributed by atoms with E-state index in [4.69, 9.17) is 19.4 Å². The molecule has 9 aromatic carbocycles. The first-order valence-electron chi connectivity index (χ1n) is 19.2. The van der Waals surface area contributed by atoms with Crippen molar-refractivity contribution < 1.29 is 4.42 Å². The molecular formula is C53H33N3O. The summed E-state index contributed by atoms with van der Waals surface area (Å²) >= 11 is 0. The summed E-state index contributed by atoms with van der Waals surface area (Å²) in [6.45, 7) is 0. The van der Waals surface area contributed by atoms with Crippen molar-refractivity contribution in [2.24, 2.45) is 0 Å². The monoisotopic (exact) mass is 727 g/mol. The summed E-state index contributed by atoms with van der Waals surface area (Å²) in [7, 11) is 0. The highest BCUT2D eigenvalue weighted by atomic mass is 16.3. The second-order valence-corrected chi connectivity index (χ2v) is 14.4. The van der Waals surface area contributed by atoms with Crippen LogP contribution in [0.15, 0.2) is 205 Å². The van der Waals surface area contributed by atoms with E-state index in [1.807, 2.05) is 60.7 Å². The maximum Gasteiger partial charge on any atom is 0.164 e. The van der Waals surface area contributed by atoms with Gasteiger partial charge in [0.1, 0.15) is 11.3 Å². The van der Waals surface area contributed by atoms with Crippen LogP contribution in [0, 0.1) is 0 Å². The third-order valence-corrected chi connectivity index (χ3v) is 10.9. The van der Waals surface area contributed by atoms with Gasteiger partial charge in [0.2, 0.25) is 0 Å². The Morgan fingerprint density at radius 3 is 1.42 bits per heavy atom. The van der Waals surface area contributed by atoms with Crippen LogP contribution in [0.3, 0.4) is 0 Å². The topological polar surface area (TPSA) is 51.8 Å². The molecule has 266 valence electrons. The normalized spacial score (nSPS) is 11.5. The molecule has 57 heavy (non-hydrogen) atoms. The highest BCUT2D eigenvalue weighted by Gasteiger charge is 2.15. The number of aromatic nitrogens is 3. The fourth-order valence-electron chi connectivity index (χ4n) is 8.03. The molecule has 11 aromatic rings. The van der Waals surface area contributed by atoms with Crippen molar-refractivity contribution >= 4 is 43.3 Å². The molecule has 0 fully saturated rings. The Kier molecular flexibility index (Phi) is 7.78. The maximum absolute atomic E-state index is 6.12. The molecule has 4 nitrogen and oxygen atoms in total. The van der Waals surface area contributed by atoms with Crippen LogP contribution in [0.1, 0.15) is 0 Å². The summed E-state index contributed by atoms with van der Waals surface area (Å²) in [6, 6.07) is 70.1. The molecule has 0 radical (unpaired) electrons. The number of furan rings is 1. The van der Waals surface area contributed by atoms with Gasteiger partial charge in [0.05, 0.1) is 0 Å². The number of benzene rings is 9. The average Bonchev–Trinajstić information content (AvgIpc) is 3.73. The zero-order chi connectivity index (χ0) is 37.7. The van der Waals surface area contributed by atoms with Gasteiger partial charge in [-0.1, -0.05) is 182 Å². The van der Waals surface area contributed by atoms with Crippen molar-refractivity contribution in [3.8, 4) is 67.7 Å². The van der Waals surface area contributed by atoms with Crippen LogP contribution in [0.25, 0.3) is 111 Å². The van der Waals surface area contributed by atoms with Crippen molar-refractivity contribution in [3.63, 3.8) is 0 Å². The Morgan fingerprint density at radius 2 is 0.772 bits per heavy atom. The van der Waals surface area contributed by atoms with Crippen LogP contribution in [0.2, 0.25) is 0 Å². The third-order valence-electron chi connectivity index (χ3n) is 10.9. The first-order valence-corrected chi connectivity index (χ1v) is 19.2. The van der Waals surface area contributed by atoms with Crippen molar-refractivity contribution in [2.45, 2.75) is 0 Å². The minimum absolute atomic E-state index is 0.614. The van der Waals surface area contributed by atoms with Gasteiger partial charge in [0.25, 0.3) is 0 Å². The van der Waals surface area contributed by atoms with Crippen LogP contribution >= 0.6 is 0 Å². The molecule has 2 heterocycles. The third kappa shape index (κ3) is 5.92. The molecule has 0 saturated carbocycles. The second-order valence-electron chi connectivity index (χ2n) is 14.4. The number of hydrogen-bond donors (Lipinski definition) is 0. The van der Waals surface area contributed by atoms with E-state index in [0.717, 1.165) is 50.1 Å². The summed E-state index contributed by atoms with van der Waals surface area (Å²) in [4.78, 5) is 14.9. The fraction of sp³-hybridized carbons (Fsp3) is 0. The van der Waals surface area contributed by atoms with E-state index in [-0.39, 0.29) is 0 Å². The van der Waals surface area contributed by atoms with E-state index in [2.05, 4.69) is 140 Å². The molecule has 0 unspecified atom stereocenters.